The van der Waals surface area contributed by atoms with Gasteiger partial charge in [0.1, 0.15) is 17.3 Å². The second-order valence-corrected chi connectivity index (χ2v) is 6.13. The van der Waals surface area contributed by atoms with Gasteiger partial charge in [-0.15, -0.1) is 4.90 Å². The van der Waals surface area contributed by atoms with Gasteiger partial charge in [0.15, 0.2) is 0 Å². The summed E-state index contributed by atoms with van der Waals surface area (Å²) in [5, 5.41) is 0.478. The van der Waals surface area contributed by atoms with Crippen LogP contribution in [0.3, 0.4) is 0 Å². The lowest BCUT2D eigenvalue weighted by Crippen LogP contribution is -2.53. The standard InChI is InChI=1S/C15H11BrClN2O2/c1-18-13-6-5-9(16)7-12(13)14(20)19(15(18)21)11-4-2-3-10(17)8-11/h2-8,12H,1H3/q+1. The van der Waals surface area contributed by atoms with E-state index in [4.69, 9.17) is 11.6 Å². The van der Waals surface area contributed by atoms with E-state index < -0.39 is 5.92 Å². The van der Waals surface area contributed by atoms with Crippen molar-refractivity contribution >= 4 is 50.9 Å². The second-order valence-electron chi connectivity index (χ2n) is 4.78. The molecule has 1 heterocycles. The second kappa shape index (κ2) is 5.24. The topological polar surface area (TPSA) is 40.4 Å². The summed E-state index contributed by atoms with van der Waals surface area (Å²) < 4.78 is 2.30. The molecule has 2 aliphatic rings. The summed E-state index contributed by atoms with van der Waals surface area (Å²) >= 11 is 9.32. The average Bonchev–Trinajstić information content (AvgIpc) is 2.45. The third-order valence-electron chi connectivity index (χ3n) is 3.48. The highest BCUT2D eigenvalue weighted by Crippen LogP contribution is 2.28. The van der Waals surface area contributed by atoms with Crippen molar-refractivity contribution in [3.8, 4) is 0 Å². The van der Waals surface area contributed by atoms with E-state index in [0.717, 1.165) is 9.38 Å². The van der Waals surface area contributed by atoms with Crippen molar-refractivity contribution in [2.45, 2.75) is 0 Å². The predicted octanol–water partition coefficient (Wildman–Crippen LogP) is 3.35. The molecule has 3 rings (SSSR count). The molecule has 0 bridgehead atoms. The molecule has 1 aromatic rings. The smallest absolute Gasteiger partial charge is 0.245 e. The largest absolute Gasteiger partial charge is 0.505 e. The van der Waals surface area contributed by atoms with E-state index in [0.29, 0.717) is 16.4 Å². The summed E-state index contributed by atoms with van der Waals surface area (Å²) in [6, 6.07) is 6.32. The maximum absolute atomic E-state index is 12.7. The van der Waals surface area contributed by atoms with Crippen molar-refractivity contribution in [1.82, 2.24) is 0 Å². The summed E-state index contributed by atoms with van der Waals surface area (Å²) in [7, 11) is 1.66. The molecule has 1 aromatic carbocycles. The first-order valence-electron chi connectivity index (χ1n) is 6.28. The maximum Gasteiger partial charge on any atom is 0.505 e. The summed E-state index contributed by atoms with van der Waals surface area (Å²) in [4.78, 5) is 26.3. The molecule has 1 aliphatic heterocycles. The van der Waals surface area contributed by atoms with Crippen molar-refractivity contribution in [1.29, 1.82) is 0 Å². The molecule has 1 aliphatic carbocycles. The molecule has 4 nitrogen and oxygen atoms in total. The number of halogens is 2. The minimum atomic E-state index is -0.481. The number of benzene rings is 1. The molecule has 6 heteroatoms. The number of urea groups is 1. The van der Waals surface area contributed by atoms with Gasteiger partial charge >= 0.3 is 11.9 Å². The fourth-order valence-corrected chi connectivity index (χ4v) is 3.01. The highest BCUT2D eigenvalue weighted by Gasteiger charge is 2.47. The zero-order chi connectivity index (χ0) is 15.1. The van der Waals surface area contributed by atoms with Crippen LogP contribution in [0.25, 0.3) is 0 Å². The number of rotatable bonds is 1. The van der Waals surface area contributed by atoms with Crippen molar-refractivity contribution in [3.05, 3.63) is 52.0 Å². The lowest BCUT2D eigenvalue weighted by molar-refractivity contribution is -0.393. The van der Waals surface area contributed by atoms with Crippen LogP contribution in [0.1, 0.15) is 0 Å². The van der Waals surface area contributed by atoms with Gasteiger partial charge in [0.05, 0.1) is 7.05 Å². The molecular weight excluding hydrogens is 356 g/mol. The number of hydrogen-bond acceptors (Lipinski definition) is 2. The van der Waals surface area contributed by atoms with Crippen LogP contribution in [-0.2, 0) is 4.79 Å². The van der Waals surface area contributed by atoms with Crippen molar-refractivity contribution in [3.63, 3.8) is 0 Å². The van der Waals surface area contributed by atoms with E-state index in [1.807, 2.05) is 6.08 Å². The van der Waals surface area contributed by atoms with Gasteiger partial charge in [0.25, 0.3) is 0 Å². The first kappa shape index (κ1) is 14.2. The van der Waals surface area contributed by atoms with Gasteiger partial charge in [-0.1, -0.05) is 33.6 Å². The number of anilines is 1. The van der Waals surface area contributed by atoms with E-state index in [9.17, 15) is 9.59 Å². The summed E-state index contributed by atoms with van der Waals surface area (Å²) in [6.07, 6.45) is 5.38. The van der Waals surface area contributed by atoms with Gasteiger partial charge in [-0.25, -0.2) is 4.79 Å². The molecular formula is C15H11BrClN2O2+. The van der Waals surface area contributed by atoms with Gasteiger partial charge < -0.3 is 0 Å². The maximum atomic E-state index is 12.7. The van der Waals surface area contributed by atoms with Gasteiger partial charge in [-0.05, 0) is 30.4 Å². The number of imide groups is 1. The molecule has 106 valence electrons. The van der Waals surface area contributed by atoms with Gasteiger partial charge in [-0.2, -0.15) is 9.37 Å². The van der Waals surface area contributed by atoms with Gasteiger partial charge in [-0.3, -0.25) is 0 Å². The highest BCUT2D eigenvalue weighted by molar-refractivity contribution is 9.11. The molecule has 3 amide bonds. The van der Waals surface area contributed by atoms with Gasteiger partial charge in [0.2, 0.25) is 0 Å². The number of allylic oxidation sites excluding steroid dienone is 3. The first-order valence-corrected chi connectivity index (χ1v) is 7.45. The third kappa shape index (κ3) is 2.36. The fourth-order valence-electron chi connectivity index (χ4n) is 2.43. The first-order chi connectivity index (χ1) is 9.99. The van der Waals surface area contributed by atoms with Crippen LogP contribution >= 0.6 is 27.5 Å². The van der Waals surface area contributed by atoms with Crippen molar-refractivity contribution in [2.24, 2.45) is 5.92 Å². The Kier molecular flexibility index (Phi) is 3.55. The Hall–Kier alpha value is -1.72. The summed E-state index contributed by atoms with van der Waals surface area (Å²) in [5.41, 5.74) is 1.15. The monoisotopic (exact) mass is 365 g/mol. The zero-order valence-electron chi connectivity index (χ0n) is 11.1. The molecule has 21 heavy (non-hydrogen) atoms. The lowest BCUT2D eigenvalue weighted by atomic mass is 9.94. The van der Waals surface area contributed by atoms with Crippen LogP contribution in [0.2, 0.25) is 5.02 Å². The Morgan fingerprint density at radius 3 is 2.76 bits per heavy atom. The minimum Gasteiger partial charge on any atom is -0.245 e. The minimum absolute atomic E-state index is 0.281. The van der Waals surface area contributed by atoms with E-state index in [1.165, 1.54) is 4.58 Å². The number of carbonyl (C=O) groups excluding carboxylic acids is 2. The molecule has 1 atom stereocenters. The Morgan fingerprint density at radius 2 is 2.05 bits per heavy atom. The number of amides is 3. The Balaban J connectivity index is 2.13. The Morgan fingerprint density at radius 1 is 1.29 bits per heavy atom. The van der Waals surface area contributed by atoms with Crippen LogP contribution in [0, 0.1) is 5.92 Å². The quantitative estimate of drug-likeness (QED) is 0.715. The Labute approximate surface area is 135 Å². The molecule has 0 radical (unpaired) electrons. The SMILES string of the molecule is C[N+]1=C2C=CC(Br)=CC2C(=O)N(c2cccc(Cl)c2)C1=O. The average molecular weight is 367 g/mol. The summed E-state index contributed by atoms with van der Waals surface area (Å²) in [6.45, 7) is 0. The molecule has 0 fully saturated rings. The van der Waals surface area contributed by atoms with E-state index in [1.54, 1.807) is 43.5 Å². The van der Waals surface area contributed by atoms with Crippen LogP contribution in [0.5, 0.6) is 0 Å². The molecule has 0 spiro atoms. The third-order valence-corrected chi connectivity index (χ3v) is 4.24. The molecule has 0 N–H and O–H groups in total. The van der Waals surface area contributed by atoms with Crippen LogP contribution in [-0.4, -0.2) is 29.3 Å². The normalized spacial score (nSPS) is 21.6. The van der Waals surface area contributed by atoms with Crippen LogP contribution in [0.4, 0.5) is 10.5 Å². The van der Waals surface area contributed by atoms with E-state index in [-0.39, 0.29) is 11.9 Å². The highest BCUT2D eigenvalue weighted by atomic mass is 79.9. The predicted molar refractivity (Wildman–Crippen MR) is 85.2 cm³/mol. The number of nitrogens with zero attached hydrogens (tertiary/aromatic N) is 2. The molecule has 1 unspecified atom stereocenters. The number of hydrogen-bond donors (Lipinski definition) is 0. The van der Waals surface area contributed by atoms with Crippen LogP contribution < -0.4 is 4.90 Å². The Bertz CT molecular complexity index is 752. The molecule has 0 saturated heterocycles. The van der Waals surface area contributed by atoms with Gasteiger partial charge in [0, 0.05) is 15.6 Å². The summed E-state index contributed by atoms with van der Waals surface area (Å²) in [5.74, 6) is -0.761. The molecule has 0 saturated carbocycles. The fraction of sp³-hybridized carbons (Fsp3) is 0.133. The molecule has 0 aromatic heterocycles. The number of carbonyl (C=O) groups is 2. The van der Waals surface area contributed by atoms with E-state index >= 15 is 0 Å². The number of fused-ring (bicyclic) bond motifs is 1. The van der Waals surface area contributed by atoms with Crippen molar-refractivity contribution < 1.29 is 14.2 Å². The van der Waals surface area contributed by atoms with Crippen LogP contribution in [0.15, 0.2) is 47.0 Å². The zero-order valence-corrected chi connectivity index (χ0v) is 13.4. The lowest BCUT2D eigenvalue weighted by Gasteiger charge is -2.25. The van der Waals surface area contributed by atoms with E-state index in [2.05, 4.69) is 15.9 Å². The van der Waals surface area contributed by atoms with Crippen molar-refractivity contribution in [2.75, 3.05) is 11.9 Å².